The molecule has 7 nitrogen and oxygen atoms in total. The van der Waals surface area contributed by atoms with E-state index in [0.29, 0.717) is 35.6 Å². The molecule has 166 valence electrons. The lowest BCUT2D eigenvalue weighted by Gasteiger charge is -2.35. The summed E-state index contributed by atoms with van der Waals surface area (Å²) in [6.45, 7) is 1.82. The monoisotopic (exact) mass is 434 g/mol. The number of anilines is 1. The molecule has 2 aromatic carbocycles. The van der Waals surface area contributed by atoms with Gasteiger partial charge in [-0.1, -0.05) is 18.2 Å². The van der Waals surface area contributed by atoms with Crippen molar-refractivity contribution in [2.75, 3.05) is 19.5 Å². The van der Waals surface area contributed by atoms with Crippen LogP contribution in [0.2, 0.25) is 0 Å². The lowest BCUT2D eigenvalue weighted by Crippen LogP contribution is -2.39. The summed E-state index contributed by atoms with van der Waals surface area (Å²) in [5, 5.41) is 13.0. The molecule has 2 N–H and O–H groups in total. The number of allylic oxidation sites excluding steroid dienone is 2. The maximum Gasteiger partial charge on any atom is 0.234 e. The van der Waals surface area contributed by atoms with Crippen molar-refractivity contribution < 1.29 is 24.2 Å². The molecule has 0 spiro atoms. The summed E-state index contributed by atoms with van der Waals surface area (Å²) in [4.78, 5) is 31.3. The number of rotatable bonds is 5. The molecule has 1 amide bonds. The maximum atomic E-state index is 13.6. The van der Waals surface area contributed by atoms with Crippen molar-refractivity contribution in [2.24, 2.45) is 10.9 Å². The Balaban J connectivity index is 1.81. The number of methoxy groups -OCH3 is 2. The van der Waals surface area contributed by atoms with Crippen LogP contribution in [0.1, 0.15) is 37.7 Å². The van der Waals surface area contributed by atoms with Gasteiger partial charge in [-0.3, -0.25) is 14.6 Å². The van der Waals surface area contributed by atoms with Gasteiger partial charge in [0.15, 0.2) is 17.3 Å². The second-order valence-electron chi connectivity index (χ2n) is 7.97. The van der Waals surface area contributed by atoms with Crippen LogP contribution in [-0.4, -0.2) is 36.7 Å². The standard InChI is InChI=1S/C25H26N2O5/c1-14-22(25(30)27-16-7-4-5-10-20(16)31-2)23(15-11-12-18(28)21(13-15)32-3)24-17(26-14)8-6-9-19(24)29/h4-5,7,10-13,22-23,28H,6,8-9H2,1-3H3,(H,27,30)/t22?,23-/m1/s1. The summed E-state index contributed by atoms with van der Waals surface area (Å²) in [6, 6.07) is 12.1. The van der Waals surface area contributed by atoms with Gasteiger partial charge in [0, 0.05) is 29.3 Å². The van der Waals surface area contributed by atoms with Crippen molar-refractivity contribution in [1.82, 2.24) is 0 Å². The third kappa shape index (κ3) is 3.86. The largest absolute Gasteiger partial charge is 0.504 e. The maximum absolute atomic E-state index is 13.6. The number of Topliss-reactive ketones (excluding diaryl/α,β-unsaturated/α-hetero) is 1. The number of ketones is 1. The molecule has 4 rings (SSSR count). The third-order valence-corrected chi connectivity index (χ3v) is 6.04. The number of carbonyl (C=O) groups excluding carboxylic acids is 2. The highest BCUT2D eigenvalue weighted by atomic mass is 16.5. The van der Waals surface area contributed by atoms with Gasteiger partial charge in [0.1, 0.15) is 5.75 Å². The predicted octanol–water partition coefficient (Wildman–Crippen LogP) is 4.23. The zero-order chi connectivity index (χ0) is 22.8. The Morgan fingerprint density at radius 1 is 1.09 bits per heavy atom. The second-order valence-corrected chi connectivity index (χ2v) is 7.97. The Bertz CT molecular complexity index is 1130. The van der Waals surface area contributed by atoms with E-state index in [1.165, 1.54) is 13.2 Å². The van der Waals surface area contributed by atoms with Crippen LogP contribution in [0.25, 0.3) is 0 Å². The van der Waals surface area contributed by atoms with Crippen molar-refractivity contribution in [1.29, 1.82) is 0 Å². The highest BCUT2D eigenvalue weighted by Gasteiger charge is 2.42. The SMILES string of the molecule is COc1cc([C@H]2C3=C(CCCC3=O)N=C(C)C2C(=O)Nc2ccccc2OC)ccc1O. The minimum Gasteiger partial charge on any atom is -0.504 e. The first-order valence-electron chi connectivity index (χ1n) is 10.6. The van der Waals surface area contributed by atoms with E-state index in [1.54, 1.807) is 31.4 Å². The first-order valence-corrected chi connectivity index (χ1v) is 10.6. The number of benzene rings is 2. The average Bonchev–Trinajstić information content (AvgIpc) is 2.79. The van der Waals surface area contributed by atoms with Gasteiger partial charge in [0.05, 0.1) is 25.8 Å². The van der Waals surface area contributed by atoms with E-state index in [-0.39, 0.29) is 23.2 Å². The molecule has 7 heteroatoms. The molecule has 0 bridgehead atoms. The Morgan fingerprint density at radius 3 is 2.59 bits per heavy atom. The van der Waals surface area contributed by atoms with E-state index in [0.717, 1.165) is 17.7 Å². The molecule has 2 aliphatic rings. The molecule has 1 aliphatic heterocycles. The number of carbonyl (C=O) groups is 2. The van der Waals surface area contributed by atoms with E-state index in [4.69, 9.17) is 9.47 Å². The number of hydrogen-bond acceptors (Lipinski definition) is 6. The summed E-state index contributed by atoms with van der Waals surface area (Å²) >= 11 is 0. The summed E-state index contributed by atoms with van der Waals surface area (Å²) < 4.78 is 10.7. The summed E-state index contributed by atoms with van der Waals surface area (Å²) in [7, 11) is 3.01. The number of aromatic hydroxyl groups is 1. The van der Waals surface area contributed by atoms with E-state index >= 15 is 0 Å². The zero-order valence-electron chi connectivity index (χ0n) is 18.3. The van der Waals surface area contributed by atoms with Gasteiger partial charge in [0.25, 0.3) is 0 Å². The molecule has 32 heavy (non-hydrogen) atoms. The first-order chi connectivity index (χ1) is 15.4. The Labute approximate surface area is 186 Å². The number of nitrogens with zero attached hydrogens (tertiary/aromatic N) is 1. The third-order valence-electron chi connectivity index (χ3n) is 6.04. The predicted molar refractivity (Wildman–Crippen MR) is 122 cm³/mol. The van der Waals surface area contributed by atoms with Crippen LogP contribution in [0, 0.1) is 5.92 Å². The summed E-state index contributed by atoms with van der Waals surface area (Å²) in [5.74, 6) is -0.668. The fraction of sp³-hybridized carbons (Fsp3) is 0.320. The summed E-state index contributed by atoms with van der Waals surface area (Å²) in [6.07, 6.45) is 1.88. The number of amides is 1. The Kier molecular flexibility index (Phi) is 5.99. The van der Waals surface area contributed by atoms with E-state index in [1.807, 2.05) is 19.1 Å². The summed E-state index contributed by atoms with van der Waals surface area (Å²) in [5.41, 5.74) is 3.23. The second kappa shape index (κ2) is 8.86. The van der Waals surface area contributed by atoms with Crippen LogP contribution in [-0.2, 0) is 9.59 Å². The molecule has 1 unspecified atom stereocenters. The fourth-order valence-corrected chi connectivity index (χ4v) is 4.55. The van der Waals surface area contributed by atoms with Crippen molar-refractivity contribution in [3.63, 3.8) is 0 Å². The topological polar surface area (TPSA) is 97.2 Å². The van der Waals surface area contributed by atoms with Crippen LogP contribution in [0.4, 0.5) is 5.69 Å². The highest BCUT2D eigenvalue weighted by molar-refractivity contribution is 6.13. The molecular formula is C25H26N2O5. The fourth-order valence-electron chi connectivity index (χ4n) is 4.55. The molecule has 2 aromatic rings. The van der Waals surface area contributed by atoms with Crippen molar-refractivity contribution in [3.8, 4) is 17.2 Å². The van der Waals surface area contributed by atoms with Gasteiger partial charge < -0.3 is 19.9 Å². The normalized spacial score (nSPS) is 20.3. The van der Waals surface area contributed by atoms with Gasteiger partial charge in [0.2, 0.25) is 5.91 Å². The number of phenols is 1. The highest BCUT2D eigenvalue weighted by Crippen LogP contribution is 2.45. The van der Waals surface area contributed by atoms with E-state index in [2.05, 4.69) is 10.3 Å². The number of para-hydroxylation sites is 2. The first kappa shape index (κ1) is 21.6. The number of aliphatic imine (C=N–C) groups is 1. The lowest BCUT2D eigenvalue weighted by molar-refractivity contribution is -0.119. The minimum atomic E-state index is -0.699. The van der Waals surface area contributed by atoms with E-state index < -0.39 is 11.8 Å². The van der Waals surface area contributed by atoms with E-state index in [9.17, 15) is 14.7 Å². The number of phenolic OH excluding ortho intramolecular Hbond substituents is 1. The smallest absolute Gasteiger partial charge is 0.234 e. The molecule has 0 saturated carbocycles. The molecule has 2 atom stereocenters. The average molecular weight is 434 g/mol. The molecular weight excluding hydrogens is 408 g/mol. The number of nitrogens with one attached hydrogen (secondary N) is 1. The Hall–Kier alpha value is -3.61. The van der Waals surface area contributed by atoms with Crippen molar-refractivity contribution in [2.45, 2.75) is 32.1 Å². The molecule has 1 aliphatic carbocycles. The lowest BCUT2D eigenvalue weighted by atomic mass is 9.71. The van der Waals surface area contributed by atoms with Gasteiger partial charge >= 0.3 is 0 Å². The molecule has 0 aromatic heterocycles. The Morgan fingerprint density at radius 2 is 1.84 bits per heavy atom. The van der Waals surface area contributed by atoms with Gasteiger partial charge in [-0.05, 0) is 49.6 Å². The van der Waals surface area contributed by atoms with Gasteiger partial charge in [-0.15, -0.1) is 0 Å². The zero-order valence-corrected chi connectivity index (χ0v) is 18.3. The molecule has 0 fully saturated rings. The quantitative estimate of drug-likeness (QED) is 0.734. The van der Waals surface area contributed by atoms with Crippen molar-refractivity contribution in [3.05, 3.63) is 59.3 Å². The number of ether oxygens (including phenoxy) is 2. The van der Waals surface area contributed by atoms with Gasteiger partial charge in [-0.2, -0.15) is 0 Å². The van der Waals surface area contributed by atoms with Crippen molar-refractivity contribution >= 4 is 23.1 Å². The van der Waals surface area contributed by atoms with Crippen LogP contribution < -0.4 is 14.8 Å². The number of hydrogen-bond donors (Lipinski definition) is 2. The minimum absolute atomic E-state index is 0.00311. The van der Waals surface area contributed by atoms with Crippen LogP contribution in [0.5, 0.6) is 17.2 Å². The van der Waals surface area contributed by atoms with Crippen LogP contribution in [0.3, 0.4) is 0 Å². The molecule has 0 radical (unpaired) electrons. The van der Waals surface area contributed by atoms with Crippen LogP contribution >= 0.6 is 0 Å². The molecule has 0 saturated heterocycles. The van der Waals surface area contributed by atoms with Crippen LogP contribution in [0.15, 0.2) is 58.7 Å². The molecule has 1 heterocycles. The van der Waals surface area contributed by atoms with Gasteiger partial charge in [-0.25, -0.2) is 0 Å².